The van der Waals surface area contributed by atoms with E-state index in [1.807, 2.05) is 24.3 Å². The molecule has 0 bridgehead atoms. The number of aromatic nitrogens is 3. The van der Waals surface area contributed by atoms with Crippen molar-refractivity contribution in [2.24, 2.45) is 0 Å². The molecule has 0 atom stereocenters. The first kappa shape index (κ1) is 16.9. The van der Waals surface area contributed by atoms with Crippen molar-refractivity contribution in [2.75, 3.05) is 18.1 Å². The highest BCUT2D eigenvalue weighted by molar-refractivity contribution is 9.10. The molecule has 0 aliphatic rings. The molecule has 0 unspecified atom stereocenters. The summed E-state index contributed by atoms with van der Waals surface area (Å²) in [6, 6.07) is 7.48. The van der Waals surface area contributed by atoms with Gasteiger partial charge in [-0.1, -0.05) is 22.0 Å². The van der Waals surface area contributed by atoms with E-state index in [-0.39, 0.29) is 36.7 Å². The van der Waals surface area contributed by atoms with Gasteiger partial charge >= 0.3 is 5.97 Å². The van der Waals surface area contributed by atoms with Gasteiger partial charge in [-0.25, -0.2) is 0 Å². The van der Waals surface area contributed by atoms with Crippen LogP contribution in [0.5, 0.6) is 5.75 Å². The van der Waals surface area contributed by atoms with Crippen molar-refractivity contribution in [1.29, 1.82) is 0 Å². The van der Waals surface area contributed by atoms with E-state index in [1.54, 1.807) is 0 Å². The third-order valence-corrected chi connectivity index (χ3v) is 3.16. The van der Waals surface area contributed by atoms with E-state index in [0.29, 0.717) is 13.0 Å². The molecule has 0 amide bonds. The Labute approximate surface area is 141 Å². The van der Waals surface area contributed by atoms with Crippen molar-refractivity contribution in [3.63, 3.8) is 0 Å². The summed E-state index contributed by atoms with van der Waals surface area (Å²) in [4.78, 5) is 22.9. The molecule has 1 aromatic carbocycles. The fourth-order valence-corrected chi connectivity index (χ4v) is 2.08. The Balaban J connectivity index is 1.67. The third-order valence-electron chi connectivity index (χ3n) is 2.67. The number of hydrogen-bond acceptors (Lipinski definition) is 8. The molecule has 0 fully saturated rings. The van der Waals surface area contributed by atoms with Crippen molar-refractivity contribution < 1.29 is 14.3 Å². The van der Waals surface area contributed by atoms with Crippen LogP contribution in [0.3, 0.4) is 0 Å². The maximum atomic E-state index is 11.6. The maximum Gasteiger partial charge on any atom is 0.306 e. The van der Waals surface area contributed by atoms with Crippen LogP contribution in [0.25, 0.3) is 0 Å². The normalized spacial score (nSPS) is 10.3. The maximum absolute atomic E-state index is 11.6. The van der Waals surface area contributed by atoms with Gasteiger partial charge in [0.05, 0.1) is 6.61 Å². The molecule has 9 heteroatoms. The number of anilines is 2. The number of benzene rings is 1. The highest BCUT2D eigenvalue weighted by atomic mass is 79.9. The van der Waals surface area contributed by atoms with Crippen molar-refractivity contribution in [1.82, 2.24) is 15.0 Å². The van der Waals surface area contributed by atoms with Gasteiger partial charge in [0.1, 0.15) is 5.75 Å². The second kappa shape index (κ2) is 8.28. The fraction of sp³-hybridized carbons (Fsp3) is 0.286. The number of nitrogens with zero attached hydrogens (tertiary/aromatic N) is 3. The summed E-state index contributed by atoms with van der Waals surface area (Å²) in [5, 5.41) is 0. The van der Waals surface area contributed by atoms with E-state index in [0.717, 1.165) is 10.2 Å². The van der Waals surface area contributed by atoms with Gasteiger partial charge in [0.25, 0.3) is 0 Å². The van der Waals surface area contributed by atoms with E-state index in [1.165, 1.54) is 0 Å². The minimum Gasteiger partial charge on any atom is -0.494 e. The molecule has 1 heterocycles. The highest BCUT2D eigenvalue weighted by Crippen LogP contribution is 2.17. The van der Waals surface area contributed by atoms with E-state index in [4.69, 9.17) is 20.9 Å². The monoisotopic (exact) mass is 381 g/mol. The number of carbonyl (C=O) groups is 1. The number of esters is 1. The predicted octanol–water partition coefficient (Wildman–Crippen LogP) is 1.70. The Morgan fingerprint density at radius 2 is 1.91 bits per heavy atom. The van der Waals surface area contributed by atoms with Crippen molar-refractivity contribution in [3.05, 3.63) is 34.6 Å². The Bertz CT molecular complexity index is 663. The number of nitrogens with two attached hydrogens (primary N) is 2. The second-order valence-corrected chi connectivity index (χ2v) is 5.45. The molecule has 2 aromatic rings. The summed E-state index contributed by atoms with van der Waals surface area (Å²) >= 11 is 3.36. The van der Waals surface area contributed by atoms with E-state index in [9.17, 15) is 4.79 Å². The quantitative estimate of drug-likeness (QED) is 0.547. The molecule has 122 valence electrons. The van der Waals surface area contributed by atoms with Gasteiger partial charge in [0, 0.05) is 10.9 Å². The van der Waals surface area contributed by atoms with Gasteiger partial charge in [-0.2, -0.15) is 15.0 Å². The van der Waals surface area contributed by atoms with E-state index >= 15 is 0 Å². The molecule has 0 radical (unpaired) electrons. The lowest BCUT2D eigenvalue weighted by atomic mass is 10.3. The first-order chi connectivity index (χ1) is 11.0. The molecule has 0 saturated carbocycles. The predicted molar refractivity (Wildman–Crippen MR) is 87.3 cm³/mol. The summed E-state index contributed by atoms with van der Waals surface area (Å²) in [7, 11) is 0. The molecular formula is C14H16BrN5O3. The molecule has 2 rings (SSSR count). The van der Waals surface area contributed by atoms with Gasteiger partial charge in [0.2, 0.25) is 11.9 Å². The number of nitrogen functional groups attached to an aromatic ring is 2. The summed E-state index contributed by atoms with van der Waals surface area (Å²) in [5.41, 5.74) is 10.9. The molecule has 0 spiro atoms. The van der Waals surface area contributed by atoms with Gasteiger partial charge in [-0.3, -0.25) is 4.79 Å². The molecule has 1 aromatic heterocycles. The van der Waals surface area contributed by atoms with Crippen LogP contribution in [0.15, 0.2) is 28.7 Å². The molecular weight excluding hydrogens is 366 g/mol. The fourth-order valence-electron chi connectivity index (χ4n) is 1.70. The lowest BCUT2D eigenvalue weighted by molar-refractivity contribution is -0.145. The standard InChI is InChI=1S/C14H16BrN5O3/c15-9-3-1-4-10(7-9)22-6-2-5-12(21)23-8-11-18-13(16)20-14(17)19-11/h1,3-4,7H,2,5-6,8H2,(H4,16,17,18,19,20). The number of halogens is 1. The lowest BCUT2D eigenvalue weighted by Crippen LogP contribution is -2.11. The first-order valence-electron chi connectivity index (χ1n) is 6.83. The molecule has 0 aliphatic heterocycles. The number of hydrogen-bond donors (Lipinski definition) is 2. The highest BCUT2D eigenvalue weighted by Gasteiger charge is 2.07. The number of rotatable bonds is 7. The smallest absolute Gasteiger partial charge is 0.306 e. The lowest BCUT2D eigenvalue weighted by Gasteiger charge is -2.07. The van der Waals surface area contributed by atoms with Gasteiger partial charge in [-0.15, -0.1) is 0 Å². The zero-order chi connectivity index (χ0) is 16.7. The van der Waals surface area contributed by atoms with Gasteiger partial charge in [0.15, 0.2) is 12.4 Å². The summed E-state index contributed by atoms with van der Waals surface area (Å²) in [6.45, 7) is 0.319. The van der Waals surface area contributed by atoms with Crippen LogP contribution < -0.4 is 16.2 Å². The largest absolute Gasteiger partial charge is 0.494 e. The SMILES string of the molecule is Nc1nc(N)nc(COC(=O)CCCOc2cccc(Br)c2)n1. The molecule has 23 heavy (non-hydrogen) atoms. The number of carbonyl (C=O) groups excluding carboxylic acids is 1. The minimum absolute atomic E-state index is 0.00836. The van der Waals surface area contributed by atoms with Crippen LogP contribution in [-0.2, 0) is 16.1 Å². The van der Waals surface area contributed by atoms with Crippen molar-refractivity contribution in [3.8, 4) is 5.75 Å². The molecule has 0 saturated heterocycles. The summed E-state index contributed by atoms with van der Waals surface area (Å²) in [6.07, 6.45) is 0.761. The van der Waals surface area contributed by atoms with Crippen LogP contribution >= 0.6 is 15.9 Å². The average Bonchev–Trinajstić information content (AvgIpc) is 2.49. The zero-order valence-corrected chi connectivity index (χ0v) is 13.8. The zero-order valence-electron chi connectivity index (χ0n) is 12.2. The van der Waals surface area contributed by atoms with Crippen molar-refractivity contribution >= 4 is 33.8 Å². The molecule has 8 nitrogen and oxygen atoms in total. The average molecular weight is 382 g/mol. The van der Waals surface area contributed by atoms with Crippen LogP contribution in [0, 0.1) is 0 Å². The van der Waals surface area contributed by atoms with Crippen LogP contribution in [0.1, 0.15) is 18.7 Å². The molecule has 4 N–H and O–H groups in total. The Kier molecular flexibility index (Phi) is 6.10. The minimum atomic E-state index is -0.375. The summed E-state index contributed by atoms with van der Waals surface area (Å²) in [5.74, 6) is 0.565. The van der Waals surface area contributed by atoms with Crippen LogP contribution in [-0.4, -0.2) is 27.5 Å². The van der Waals surface area contributed by atoms with Gasteiger partial charge < -0.3 is 20.9 Å². The summed E-state index contributed by atoms with van der Waals surface area (Å²) < 4.78 is 11.5. The van der Waals surface area contributed by atoms with Crippen LogP contribution in [0.4, 0.5) is 11.9 Å². The Hall–Kier alpha value is -2.42. The van der Waals surface area contributed by atoms with Crippen LogP contribution in [0.2, 0.25) is 0 Å². The first-order valence-corrected chi connectivity index (χ1v) is 7.62. The Morgan fingerprint density at radius 1 is 1.17 bits per heavy atom. The second-order valence-electron chi connectivity index (χ2n) is 4.54. The van der Waals surface area contributed by atoms with Crippen molar-refractivity contribution in [2.45, 2.75) is 19.4 Å². The van der Waals surface area contributed by atoms with E-state index < -0.39 is 0 Å². The Morgan fingerprint density at radius 3 is 2.61 bits per heavy atom. The number of ether oxygens (including phenoxy) is 2. The van der Waals surface area contributed by atoms with Gasteiger partial charge in [-0.05, 0) is 24.6 Å². The molecule has 0 aliphatic carbocycles. The third kappa shape index (κ3) is 6.07. The van der Waals surface area contributed by atoms with E-state index in [2.05, 4.69) is 30.9 Å². The topological polar surface area (TPSA) is 126 Å².